The van der Waals surface area contributed by atoms with Crippen molar-refractivity contribution in [2.45, 2.75) is 62.6 Å². The van der Waals surface area contributed by atoms with Gasteiger partial charge in [0.25, 0.3) is 5.91 Å². The average molecular weight is 530 g/mol. The molecule has 0 N–H and O–H groups in total. The molecule has 38 heavy (non-hydrogen) atoms. The molecule has 1 aliphatic carbocycles. The van der Waals surface area contributed by atoms with Gasteiger partial charge in [-0.05, 0) is 49.6 Å². The largest absolute Gasteiger partial charge is 0.365 e. The van der Waals surface area contributed by atoms with Crippen LogP contribution in [0.2, 0.25) is 0 Å². The minimum atomic E-state index is -0.535. The standard InChI is InChI=1S/C28H31N7O2S/c1-33(2)26(36)22-13-20-16-34(11-6-12-35(20)32-22)25-21-17-37-28(14-23(21)30-27(31-25)38-3)10-5-9-18-7-4-8-19(15-29)24(18)28/h4,7-8,13H,5-6,9-12,14,16-17H2,1-3H3. The molecule has 0 radical (unpaired) electrons. The predicted molar refractivity (Wildman–Crippen MR) is 144 cm³/mol. The summed E-state index contributed by atoms with van der Waals surface area (Å²) >= 11 is 1.54. The first-order valence-electron chi connectivity index (χ1n) is 13.1. The smallest absolute Gasteiger partial charge is 0.273 e. The van der Waals surface area contributed by atoms with E-state index in [1.54, 1.807) is 30.8 Å². The lowest BCUT2D eigenvalue weighted by Gasteiger charge is -2.43. The summed E-state index contributed by atoms with van der Waals surface area (Å²) < 4.78 is 8.69. The summed E-state index contributed by atoms with van der Waals surface area (Å²) in [7, 11) is 3.49. The molecular weight excluding hydrogens is 498 g/mol. The maximum absolute atomic E-state index is 12.5. The topological polar surface area (TPSA) is 100 Å². The number of hydrogen-bond acceptors (Lipinski definition) is 8. The van der Waals surface area contributed by atoms with Crippen LogP contribution in [0.5, 0.6) is 0 Å². The van der Waals surface area contributed by atoms with E-state index in [1.807, 2.05) is 29.1 Å². The lowest BCUT2D eigenvalue weighted by Crippen LogP contribution is -2.41. The summed E-state index contributed by atoms with van der Waals surface area (Å²) in [5.41, 5.74) is 5.92. The van der Waals surface area contributed by atoms with Crippen molar-refractivity contribution in [1.29, 1.82) is 5.26 Å². The lowest BCUT2D eigenvalue weighted by atomic mass is 9.73. The molecule has 3 aromatic rings. The fourth-order valence-electron chi connectivity index (χ4n) is 6.10. The first-order chi connectivity index (χ1) is 18.4. The van der Waals surface area contributed by atoms with Crippen molar-refractivity contribution in [3.63, 3.8) is 0 Å². The zero-order valence-electron chi connectivity index (χ0n) is 22.0. The van der Waals surface area contributed by atoms with Crippen LogP contribution in [0.4, 0.5) is 5.82 Å². The third kappa shape index (κ3) is 4.14. The first-order valence-corrected chi connectivity index (χ1v) is 14.3. The summed E-state index contributed by atoms with van der Waals surface area (Å²) in [5, 5.41) is 15.2. The number of anilines is 1. The van der Waals surface area contributed by atoms with Crippen LogP contribution in [0.3, 0.4) is 0 Å². The van der Waals surface area contributed by atoms with E-state index in [4.69, 9.17) is 14.7 Å². The van der Waals surface area contributed by atoms with Gasteiger partial charge in [0.2, 0.25) is 0 Å². The Hall–Kier alpha value is -3.42. The van der Waals surface area contributed by atoms with E-state index in [0.717, 1.165) is 72.3 Å². The van der Waals surface area contributed by atoms with Crippen LogP contribution in [0.15, 0.2) is 29.4 Å². The van der Waals surface area contributed by atoms with Gasteiger partial charge in [-0.15, -0.1) is 0 Å². The van der Waals surface area contributed by atoms with Gasteiger partial charge < -0.3 is 14.5 Å². The van der Waals surface area contributed by atoms with Crippen LogP contribution in [0, 0.1) is 11.3 Å². The molecule has 0 saturated heterocycles. The fourth-order valence-corrected chi connectivity index (χ4v) is 6.48. The van der Waals surface area contributed by atoms with E-state index >= 15 is 0 Å². The van der Waals surface area contributed by atoms with Gasteiger partial charge in [-0.3, -0.25) is 9.48 Å². The predicted octanol–water partition coefficient (Wildman–Crippen LogP) is 3.68. The van der Waals surface area contributed by atoms with Crippen LogP contribution < -0.4 is 4.90 Å². The summed E-state index contributed by atoms with van der Waals surface area (Å²) in [6, 6.07) is 10.3. The number of amides is 1. The molecule has 1 unspecified atom stereocenters. The highest BCUT2D eigenvalue weighted by Gasteiger charge is 2.44. The van der Waals surface area contributed by atoms with Crippen molar-refractivity contribution in [1.82, 2.24) is 24.6 Å². The molecule has 0 saturated carbocycles. The number of nitriles is 1. The second-order valence-electron chi connectivity index (χ2n) is 10.4. The highest BCUT2D eigenvalue weighted by molar-refractivity contribution is 7.98. The van der Waals surface area contributed by atoms with E-state index in [2.05, 4.69) is 22.1 Å². The molecule has 2 aromatic heterocycles. The molecular formula is C28H31N7O2S. The lowest BCUT2D eigenvalue weighted by molar-refractivity contribution is -0.0857. The number of aromatic nitrogens is 4. The summed E-state index contributed by atoms with van der Waals surface area (Å²) in [6.07, 6.45) is 6.38. The molecule has 4 heterocycles. The van der Waals surface area contributed by atoms with Crippen LogP contribution in [0.1, 0.15) is 63.4 Å². The third-order valence-electron chi connectivity index (χ3n) is 7.87. The van der Waals surface area contributed by atoms with Crippen molar-refractivity contribution in [3.8, 4) is 6.07 Å². The zero-order chi connectivity index (χ0) is 26.4. The normalized spacial score (nSPS) is 20.2. The Morgan fingerprint density at radius 1 is 1.24 bits per heavy atom. The van der Waals surface area contributed by atoms with Crippen molar-refractivity contribution < 1.29 is 9.53 Å². The average Bonchev–Trinajstić information content (AvgIpc) is 3.22. The molecule has 0 fully saturated rings. The Kier molecular flexibility index (Phi) is 6.36. The summed E-state index contributed by atoms with van der Waals surface area (Å²) in [4.78, 5) is 26.3. The van der Waals surface area contributed by atoms with Crippen molar-refractivity contribution in [2.75, 3.05) is 31.8 Å². The van der Waals surface area contributed by atoms with E-state index in [-0.39, 0.29) is 5.91 Å². The van der Waals surface area contributed by atoms with Crippen LogP contribution in [-0.4, -0.2) is 57.5 Å². The van der Waals surface area contributed by atoms with Crippen molar-refractivity contribution in [3.05, 3.63) is 63.6 Å². The van der Waals surface area contributed by atoms with Gasteiger partial charge in [-0.1, -0.05) is 23.9 Å². The van der Waals surface area contributed by atoms with Gasteiger partial charge in [0.05, 0.1) is 36.2 Å². The minimum absolute atomic E-state index is 0.0931. The second-order valence-corrected chi connectivity index (χ2v) is 11.2. The molecule has 196 valence electrons. The molecule has 6 rings (SSSR count). The summed E-state index contributed by atoms with van der Waals surface area (Å²) in [5.74, 6) is 0.804. The van der Waals surface area contributed by atoms with Crippen LogP contribution in [0.25, 0.3) is 0 Å². The third-order valence-corrected chi connectivity index (χ3v) is 8.42. The molecule has 3 aliphatic rings. The zero-order valence-corrected chi connectivity index (χ0v) is 22.8. The number of thioether (sulfide) groups is 1. The van der Waals surface area contributed by atoms with Gasteiger partial charge >= 0.3 is 0 Å². The number of rotatable bonds is 3. The number of carbonyl (C=O) groups excluding carboxylic acids is 1. The maximum Gasteiger partial charge on any atom is 0.273 e. The van der Waals surface area contributed by atoms with Crippen molar-refractivity contribution >= 4 is 23.5 Å². The Balaban J connectivity index is 1.38. The minimum Gasteiger partial charge on any atom is -0.365 e. The van der Waals surface area contributed by atoms with E-state index in [0.29, 0.717) is 30.8 Å². The number of carbonyl (C=O) groups is 1. The molecule has 1 atom stereocenters. The van der Waals surface area contributed by atoms with Crippen molar-refractivity contribution in [2.24, 2.45) is 0 Å². The molecule has 1 spiro atoms. The molecule has 1 aromatic carbocycles. The van der Waals surface area contributed by atoms with Gasteiger partial charge in [-0.2, -0.15) is 10.4 Å². The molecule has 0 bridgehead atoms. The van der Waals surface area contributed by atoms with E-state index < -0.39 is 5.60 Å². The number of fused-ring (bicyclic) bond motifs is 4. The van der Waals surface area contributed by atoms with Crippen LogP contribution in [-0.2, 0) is 42.9 Å². The van der Waals surface area contributed by atoms with E-state index in [9.17, 15) is 10.1 Å². The molecule has 9 nitrogen and oxygen atoms in total. The van der Waals surface area contributed by atoms with Crippen LogP contribution >= 0.6 is 11.8 Å². The SMILES string of the molecule is CSc1nc2c(c(N3CCCn4nc(C(=O)N(C)C)cc4C3)n1)COC1(CCCc3cccc(C#N)c31)C2. The Labute approximate surface area is 226 Å². The van der Waals surface area contributed by atoms with Gasteiger partial charge in [0.1, 0.15) is 11.4 Å². The van der Waals surface area contributed by atoms with E-state index in [1.165, 1.54) is 5.56 Å². The molecule has 2 aliphatic heterocycles. The quantitative estimate of drug-likeness (QED) is 0.374. The number of aryl methyl sites for hydroxylation is 2. The Morgan fingerprint density at radius 3 is 2.89 bits per heavy atom. The first kappa shape index (κ1) is 24.9. The van der Waals surface area contributed by atoms with Gasteiger partial charge in [0.15, 0.2) is 10.9 Å². The maximum atomic E-state index is 12.5. The number of nitrogens with zero attached hydrogens (tertiary/aromatic N) is 7. The fraction of sp³-hybridized carbons (Fsp3) is 0.464. The number of ether oxygens (including phenoxy) is 1. The second kappa shape index (κ2) is 9.71. The monoisotopic (exact) mass is 529 g/mol. The van der Waals surface area contributed by atoms with Gasteiger partial charge in [0, 0.05) is 44.7 Å². The number of benzene rings is 1. The Bertz CT molecular complexity index is 1460. The van der Waals surface area contributed by atoms with Gasteiger partial charge in [-0.25, -0.2) is 9.97 Å². The highest BCUT2D eigenvalue weighted by Crippen LogP contribution is 2.47. The Morgan fingerprint density at radius 2 is 2.11 bits per heavy atom. The molecule has 1 amide bonds. The highest BCUT2D eigenvalue weighted by atomic mass is 32.2. The molecule has 10 heteroatoms. The number of hydrogen-bond donors (Lipinski definition) is 0. The summed E-state index contributed by atoms with van der Waals surface area (Å²) in [6.45, 7) is 2.59.